The third-order valence-corrected chi connectivity index (χ3v) is 4.88. The summed E-state index contributed by atoms with van der Waals surface area (Å²) in [6.07, 6.45) is 18.8. The number of rotatable bonds is 13. The van der Waals surface area contributed by atoms with E-state index in [1.807, 2.05) is 6.08 Å². The molecule has 23 heavy (non-hydrogen) atoms. The minimum Gasteiger partial charge on any atom is -0.230 e. The highest BCUT2D eigenvalue weighted by Crippen LogP contribution is 2.23. The fraction of sp³-hybridized carbons (Fsp3) is 0.750. The number of allylic oxidation sites excluding steroid dienone is 1. The third-order valence-electron chi connectivity index (χ3n) is 4.88. The molecule has 0 spiro atoms. The second kappa shape index (κ2) is 11.6. The van der Waals surface area contributed by atoms with Crippen LogP contribution >= 0.6 is 0 Å². The van der Waals surface area contributed by atoms with Gasteiger partial charge < -0.3 is 0 Å². The molecule has 3 heteroatoms. The molecular formula is C20H35NO2+. The first-order chi connectivity index (χ1) is 11.2. The Morgan fingerprint density at radius 1 is 0.870 bits per heavy atom. The van der Waals surface area contributed by atoms with Crippen LogP contribution in [0.3, 0.4) is 0 Å². The predicted octanol–water partition coefficient (Wildman–Crippen LogP) is 5.31. The molecule has 0 saturated carbocycles. The molecule has 0 unspecified atom stereocenters. The number of quaternary nitrogens is 1. The van der Waals surface area contributed by atoms with Gasteiger partial charge in [-0.3, -0.25) is 0 Å². The van der Waals surface area contributed by atoms with E-state index in [0.717, 1.165) is 12.8 Å². The molecule has 0 bridgehead atoms. The lowest BCUT2D eigenvalue weighted by atomic mass is 10.1. The van der Waals surface area contributed by atoms with E-state index in [2.05, 4.69) is 13.8 Å². The zero-order valence-corrected chi connectivity index (χ0v) is 15.0. The van der Waals surface area contributed by atoms with Gasteiger partial charge in [-0.1, -0.05) is 64.7 Å². The van der Waals surface area contributed by atoms with Crippen LogP contribution in [-0.4, -0.2) is 22.8 Å². The van der Waals surface area contributed by atoms with Crippen molar-refractivity contribution in [2.45, 2.75) is 90.4 Å². The lowest BCUT2D eigenvalue weighted by Crippen LogP contribution is -2.47. The van der Waals surface area contributed by atoms with Crippen molar-refractivity contribution in [1.29, 1.82) is 0 Å². The highest BCUT2D eigenvalue weighted by Gasteiger charge is 2.46. The fourth-order valence-electron chi connectivity index (χ4n) is 3.25. The average Bonchev–Trinajstić information content (AvgIpc) is 2.84. The van der Waals surface area contributed by atoms with E-state index in [1.54, 1.807) is 6.20 Å². The molecular weight excluding hydrogens is 286 g/mol. The molecule has 131 valence electrons. The standard InChI is InChI=1S/C20H35NO2/c1-3-5-6-7-8-9-10-11-12-13-14-15-18-21(4-2)19(22)16-17-20(21)23/h15,18H,2-14,16-17H2,1H3/q+1. The number of unbranched alkanes of at least 4 members (excludes halogenated alkanes) is 10. The Labute approximate surface area is 142 Å². The van der Waals surface area contributed by atoms with Crippen molar-refractivity contribution in [3.63, 3.8) is 0 Å². The molecule has 1 radical (unpaired) electrons. The molecule has 1 heterocycles. The molecule has 0 atom stereocenters. The van der Waals surface area contributed by atoms with Gasteiger partial charge in [0.2, 0.25) is 0 Å². The zero-order chi connectivity index (χ0) is 17.0. The number of hydrogen-bond donors (Lipinski definition) is 0. The Morgan fingerprint density at radius 3 is 1.83 bits per heavy atom. The van der Waals surface area contributed by atoms with Crippen LogP contribution in [0.2, 0.25) is 0 Å². The second-order valence-electron chi connectivity index (χ2n) is 6.74. The van der Waals surface area contributed by atoms with E-state index in [-0.39, 0.29) is 16.3 Å². The molecule has 1 fully saturated rings. The second-order valence-corrected chi connectivity index (χ2v) is 6.74. The highest BCUT2D eigenvalue weighted by atomic mass is 16.2. The maximum atomic E-state index is 11.9. The van der Waals surface area contributed by atoms with Gasteiger partial charge in [0.15, 0.2) is 0 Å². The van der Waals surface area contributed by atoms with Gasteiger partial charge in [0.25, 0.3) is 0 Å². The average molecular weight is 322 g/mol. The molecule has 1 aliphatic heterocycles. The van der Waals surface area contributed by atoms with Gasteiger partial charge in [-0.2, -0.15) is 4.48 Å². The molecule has 1 rings (SSSR count). The maximum absolute atomic E-state index is 11.9. The monoisotopic (exact) mass is 321 g/mol. The third kappa shape index (κ3) is 6.58. The van der Waals surface area contributed by atoms with Crippen LogP contribution in [0.15, 0.2) is 12.3 Å². The number of nitrogens with zero attached hydrogens (tertiary/aromatic N) is 1. The fourth-order valence-corrected chi connectivity index (χ4v) is 3.25. The van der Waals surface area contributed by atoms with Crippen LogP contribution in [-0.2, 0) is 9.59 Å². The SMILES string of the molecule is [CH2]C[N+]1(C=CCCCCCCCCCCCC)C(=O)CCC1=O. The van der Waals surface area contributed by atoms with Crippen LogP contribution in [0.5, 0.6) is 0 Å². The van der Waals surface area contributed by atoms with Gasteiger partial charge in [0.05, 0.1) is 19.4 Å². The van der Waals surface area contributed by atoms with E-state index in [0.29, 0.717) is 19.4 Å². The van der Waals surface area contributed by atoms with Crippen LogP contribution in [0, 0.1) is 6.92 Å². The molecule has 1 aliphatic rings. The van der Waals surface area contributed by atoms with Crippen molar-refractivity contribution in [1.82, 2.24) is 0 Å². The summed E-state index contributed by atoms with van der Waals surface area (Å²) < 4.78 is -0.155. The van der Waals surface area contributed by atoms with Gasteiger partial charge in [-0.15, -0.1) is 0 Å². The number of likely N-dealkylation sites (tertiary alicyclic amines) is 1. The van der Waals surface area contributed by atoms with Gasteiger partial charge in [0.1, 0.15) is 6.20 Å². The summed E-state index contributed by atoms with van der Waals surface area (Å²) in [5, 5.41) is 0. The molecule has 0 aromatic heterocycles. The Bertz CT molecular complexity index is 371. The Hall–Kier alpha value is -0.960. The van der Waals surface area contributed by atoms with Crippen molar-refractivity contribution >= 4 is 11.8 Å². The maximum Gasteiger partial charge on any atom is 0.326 e. The smallest absolute Gasteiger partial charge is 0.230 e. The number of carbonyl (C=O) groups excluding carboxylic acids is 2. The molecule has 0 N–H and O–H groups in total. The van der Waals surface area contributed by atoms with Crippen molar-refractivity contribution < 1.29 is 14.1 Å². The lowest BCUT2D eigenvalue weighted by Gasteiger charge is -2.22. The van der Waals surface area contributed by atoms with Crippen molar-refractivity contribution in [2.24, 2.45) is 0 Å². The van der Waals surface area contributed by atoms with E-state index < -0.39 is 0 Å². The van der Waals surface area contributed by atoms with Gasteiger partial charge in [-0.25, -0.2) is 9.59 Å². The number of carbonyl (C=O) groups is 2. The summed E-state index contributed by atoms with van der Waals surface area (Å²) in [5.74, 6) is 0.00801. The zero-order valence-electron chi connectivity index (χ0n) is 15.0. The Balaban J connectivity index is 2.06. The first-order valence-corrected chi connectivity index (χ1v) is 9.59. The largest absolute Gasteiger partial charge is 0.326 e. The van der Waals surface area contributed by atoms with Crippen LogP contribution < -0.4 is 0 Å². The van der Waals surface area contributed by atoms with Gasteiger partial charge in [0, 0.05) is 6.92 Å². The first-order valence-electron chi connectivity index (χ1n) is 9.59. The van der Waals surface area contributed by atoms with E-state index >= 15 is 0 Å². The van der Waals surface area contributed by atoms with Crippen LogP contribution in [0.25, 0.3) is 0 Å². The van der Waals surface area contributed by atoms with Crippen molar-refractivity contribution in [3.05, 3.63) is 19.2 Å². The first kappa shape index (κ1) is 20.1. The lowest BCUT2D eigenvalue weighted by molar-refractivity contribution is -0.712. The minimum atomic E-state index is -0.155. The summed E-state index contributed by atoms with van der Waals surface area (Å²) in [6, 6.07) is 0. The van der Waals surface area contributed by atoms with E-state index in [1.165, 1.54) is 57.8 Å². The topological polar surface area (TPSA) is 34.1 Å². The van der Waals surface area contributed by atoms with E-state index in [4.69, 9.17) is 0 Å². The van der Waals surface area contributed by atoms with Crippen LogP contribution in [0.4, 0.5) is 0 Å². The molecule has 0 aliphatic carbocycles. The number of hydrogen-bond acceptors (Lipinski definition) is 2. The van der Waals surface area contributed by atoms with Gasteiger partial charge in [-0.05, 0) is 18.9 Å². The van der Waals surface area contributed by atoms with Gasteiger partial charge >= 0.3 is 11.8 Å². The van der Waals surface area contributed by atoms with E-state index in [9.17, 15) is 9.59 Å². The number of imide groups is 1. The van der Waals surface area contributed by atoms with Crippen molar-refractivity contribution in [3.8, 4) is 0 Å². The highest BCUT2D eigenvalue weighted by molar-refractivity contribution is 5.92. The quantitative estimate of drug-likeness (QED) is 0.262. The predicted molar refractivity (Wildman–Crippen MR) is 95.3 cm³/mol. The molecule has 3 nitrogen and oxygen atoms in total. The summed E-state index contributed by atoms with van der Waals surface area (Å²) in [5.41, 5.74) is 0. The van der Waals surface area contributed by atoms with Crippen molar-refractivity contribution in [2.75, 3.05) is 6.54 Å². The summed E-state index contributed by atoms with van der Waals surface area (Å²) in [6.45, 7) is 6.36. The summed E-state index contributed by atoms with van der Waals surface area (Å²) >= 11 is 0. The summed E-state index contributed by atoms with van der Waals surface area (Å²) in [7, 11) is 0. The number of amides is 2. The van der Waals surface area contributed by atoms with Crippen LogP contribution in [0.1, 0.15) is 90.4 Å². The Kier molecular flexibility index (Phi) is 10.1. The summed E-state index contributed by atoms with van der Waals surface area (Å²) in [4.78, 5) is 23.9. The Morgan fingerprint density at radius 2 is 1.35 bits per heavy atom. The molecule has 0 aromatic rings. The molecule has 0 aromatic carbocycles. The normalized spacial score (nSPS) is 17.5. The molecule has 2 amide bonds. The molecule has 1 saturated heterocycles. The minimum absolute atomic E-state index is 0.00400.